The standard InChI is InChI=1S/C12H15FN2O2/c1-17-8-9-5-6-15(7-9)12(16)10-3-2-4-11(13)14-10/h2-4,9H,5-8H2,1H3. The summed E-state index contributed by atoms with van der Waals surface area (Å²) in [6.45, 7) is 2.00. The molecule has 92 valence electrons. The van der Waals surface area contributed by atoms with Gasteiger partial charge in [0, 0.05) is 26.1 Å². The van der Waals surface area contributed by atoms with Crippen molar-refractivity contribution in [2.45, 2.75) is 6.42 Å². The van der Waals surface area contributed by atoms with Gasteiger partial charge in [-0.05, 0) is 18.6 Å². The number of methoxy groups -OCH3 is 1. The fourth-order valence-electron chi connectivity index (χ4n) is 2.08. The molecular formula is C12H15FN2O2. The van der Waals surface area contributed by atoms with E-state index in [1.165, 1.54) is 18.2 Å². The Kier molecular flexibility index (Phi) is 3.68. The highest BCUT2D eigenvalue weighted by atomic mass is 19.1. The fourth-order valence-corrected chi connectivity index (χ4v) is 2.08. The Labute approximate surface area is 99.4 Å². The highest BCUT2D eigenvalue weighted by molar-refractivity contribution is 5.92. The van der Waals surface area contributed by atoms with Crippen molar-refractivity contribution in [3.63, 3.8) is 0 Å². The summed E-state index contributed by atoms with van der Waals surface area (Å²) in [5.41, 5.74) is 0.170. The molecule has 1 aliphatic heterocycles. The quantitative estimate of drug-likeness (QED) is 0.746. The van der Waals surface area contributed by atoms with Gasteiger partial charge in [-0.1, -0.05) is 6.07 Å². The Morgan fingerprint density at radius 2 is 2.47 bits per heavy atom. The van der Waals surface area contributed by atoms with E-state index in [1.54, 1.807) is 12.0 Å². The van der Waals surface area contributed by atoms with E-state index in [0.29, 0.717) is 25.6 Å². The molecule has 1 aromatic heterocycles. The lowest BCUT2D eigenvalue weighted by atomic mass is 10.1. The number of nitrogens with zero attached hydrogens (tertiary/aromatic N) is 2. The molecule has 0 saturated carbocycles. The molecule has 2 heterocycles. The largest absolute Gasteiger partial charge is 0.384 e. The van der Waals surface area contributed by atoms with Crippen molar-refractivity contribution < 1.29 is 13.9 Å². The number of amides is 1. The molecule has 0 aromatic carbocycles. The lowest BCUT2D eigenvalue weighted by Crippen LogP contribution is -2.30. The summed E-state index contributed by atoms with van der Waals surface area (Å²) < 4.78 is 18.0. The molecule has 1 unspecified atom stereocenters. The van der Waals surface area contributed by atoms with Gasteiger partial charge in [0.1, 0.15) is 5.69 Å². The third-order valence-electron chi connectivity index (χ3n) is 2.91. The Bertz CT molecular complexity index is 411. The Morgan fingerprint density at radius 3 is 3.18 bits per heavy atom. The van der Waals surface area contributed by atoms with Crippen molar-refractivity contribution in [2.75, 3.05) is 26.8 Å². The van der Waals surface area contributed by atoms with Crippen molar-refractivity contribution >= 4 is 5.91 Å². The molecule has 17 heavy (non-hydrogen) atoms. The van der Waals surface area contributed by atoms with Crippen LogP contribution in [0.3, 0.4) is 0 Å². The maximum absolute atomic E-state index is 12.9. The molecule has 5 heteroatoms. The molecule has 1 amide bonds. The van der Waals surface area contributed by atoms with E-state index in [2.05, 4.69) is 4.98 Å². The van der Waals surface area contributed by atoms with Gasteiger partial charge in [0.15, 0.2) is 0 Å². The number of pyridine rings is 1. The van der Waals surface area contributed by atoms with Crippen LogP contribution in [0.15, 0.2) is 18.2 Å². The number of likely N-dealkylation sites (tertiary alicyclic amines) is 1. The number of hydrogen-bond acceptors (Lipinski definition) is 3. The third-order valence-corrected chi connectivity index (χ3v) is 2.91. The van der Waals surface area contributed by atoms with Gasteiger partial charge in [-0.2, -0.15) is 4.39 Å². The number of ether oxygens (including phenoxy) is 1. The van der Waals surface area contributed by atoms with Gasteiger partial charge in [-0.15, -0.1) is 0 Å². The van der Waals surface area contributed by atoms with Crippen molar-refractivity contribution in [1.82, 2.24) is 9.88 Å². The second-order valence-electron chi connectivity index (χ2n) is 4.21. The maximum Gasteiger partial charge on any atom is 0.272 e. The molecule has 2 rings (SSSR count). The average molecular weight is 238 g/mol. The number of aromatic nitrogens is 1. The molecule has 1 aliphatic rings. The minimum atomic E-state index is -0.622. The van der Waals surface area contributed by atoms with Crippen molar-refractivity contribution in [1.29, 1.82) is 0 Å². The Balaban J connectivity index is 2.02. The molecule has 4 nitrogen and oxygen atoms in total. The van der Waals surface area contributed by atoms with Gasteiger partial charge < -0.3 is 9.64 Å². The van der Waals surface area contributed by atoms with Crippen molar-refractivity contribution in [3.05, 3.63) is 29.8 Å². The summed E-state index contributed by atoms with van der Waals surface area (Å²) in [5, 5.41) is 0. The SMILES string of the molecule is COCC1CCN(C(=O)c2cccc(F)n2)C1. The summed E-state index contributed by atoms with van der Waals surface area (Å²) >= 11 is 0. The number of rotatable bonds is 3. The van der Waals surface area contributed by atoms with Crippen LogP contribution >= 0.6 is 0 Å². The number of halogens is 1. The summed E-state index contributed by atoms with van der Waals surface area (Å²) in [6.07, 6.45) is 0.925. The second-order valence-corrected chi connectivity index (χ2v) is 4.21. The molecule has 0 N–H and O–H groups in total. The molecule has 0 bridgehead atoms. The lowest BCUT2D eigenvalue weighted by molar-refractivity contribution is 0.0768. The molecule has 1 aromatic rings. The molecule has 1 atom stereocenters. The van der Waals surface area contributed by atoms with Gasteiger partial charge in [0.2, 0.25) is 5.95 Å². The molecule has 1 saturated heterocycles. The van der Waals surface area contributed by atoms with Gasteiger partial charge in [0.05, 0.1) is 6.61 Å². The number of carbonyl (C=O) groups is 1. The molecule has 0 aliphatic carbocycles. The van der Waals surface area contributed by atoms with Crippen LogP contribution in [-0.2, 0) is 4.74 Å². The second kappa shape index (κ2) is 5.23. The van der Waals surface area contributed by atoms with Crippen molar-refractivity contribution in [3.8, 4) is 0 Å². The monoisotopic (exact) mass is 238 g/mol. The molecular weight excluding hydrogens is 223 g/mol. The van der Waals surface area contributed by atoms with E-state index in [4.69, 9.17) is 4.74 Å². The first-order valence-electron chi connectivity index (χ1n) is 5.61. The predicted octanol–water partition coefficient (Wildman–Crippen LogP) is 1.33. The van der Waals surface area contributed by atoms with Gasteiger partial charge >= 0.3 is 0 Å². The topological polar surface area (TPSA) is 42.4 Å². The van der Waals surface area contributed by atoms with Crippen LogP contribution in [0.5, 0.6) is 0 Å². The smallest absolute Gasteiger partial charge is 0.272 e. The molecule has 1 fully saturated rings. The summed E-state index contributed by atoms with van der Waals surface area (Å²) in [7, 11) is 1.65. The molecule has 0 spiro atoms. The zero-order valence-corrected chi connectivity index (χ0v) is 9.73. The zero-order valence-electron chi connectivity index (χ0n) is 9.73. The first kappa shape index (κ1) is 12.0. The average Bonchev–Trinajstić information content (AvgIpc) is 2.77. The minimum absolute atomic E-state index is 0.170. The fraction of sp³-hybridized carbons (Fsp3) is 0.500. The summed E-state index contributed by atoms with van der Waals surface area (Å²) in [4.78, 5) is 17.3. The Hall–Kier alpha value is -1.49. The highest BCUT2D eigenvalue weighted by Gasteiger charge is 2.27. The maximum atomic E-state index is 12.9. The number of carbonyl (C=O) groups excluding carboxylic acids is 1. The van der Waals surface area contributed by atoms with E-state index in [9.17, 15) is 9.18 Å². The minimum Gasteiger partial charge on any atom is -0.384 e. The normalized spacial score (nSPS) is 19.6. The van der Waals surface area contributed by atoms with Crippen LogP contribution in [0.25, 0.3) is 0 Å². The number of hydrogen-bond donors (Lipinski definition) is 0. The van der Waals surface area contributed by atoms with E-state index in [-0.39, 0.29) is 11.6 Å². The first-order valence-corrected chi connectivity index (χ1v) is 5.61. The van der Waals surface area contributed by atoms with Crippen LogP contribution in [0.1, 0.15) is 16.9 Å². The highest BCUT2D eigenvalue weighted by Crippen LogP contribution is 2.18. The van der Waals surface area contributed by atoms with Crippen LogP contribution in [0.2, 0.25) is 0 Å². The van der Waals surface area contributed by atoms with E-state index < -0.39 is 5.95 Å². The Morgan fingerprint density at radius 1 is 1.65 bits per heavy atom. The van der Waals surface area contributed by atoms with E-state index in [1.807, 2.05) is 0 Å². The third kappa shape index (κ3) is 2.79. The van der Waals surface area contributed by atoms with Gasteiger partial charge in [0.25, 0.3) is 5.91 Å². The predicted molar refractivity (Wildman–Crippen MR) is 60.1 cm³/mol. The lowest BCUT2D eigenvalue weighted by Gasteiger charge is -2.15. The van der Waals surface area contributed by atoms with Crippen molar-refractivity contribution in [2.24, 2.45) is 5.92 Å². The summed E-state index contributed by atoms with van der Waals surface area (Å²) in [5.74, 6) is -0.455. The first-order chi connectivity index (χ1) is 8.20. The van der Waals surface area contributed by atoms with E-state index >= 15 is 0 Å². The summed E-state index contributed by atoms with van der Waals surface area (Å²) in [6, 6.07) is 4.27. The van der Waals surface area contributed by atoms with Crippen LogP contribution in [0.4, 0.5) is 4.39 Å². The van der Waals surface area contributed by atoms with Gasteiger partial charge in [-0.25, -0.2) is 4.98 Å². The van der Waals surface area contributed by atoms with Crippen LogP contribution in [-0.4, -0.2) is 42.6 Å². The van der Waals surface area contributed by atoms with Crippen LogP contribution in [0, 0.1) is 11.9 Å². The van der Waals surface area contributed by atoms with Crippen LogP contribution < -0.4 is 0 Å². The zero-order chi connectivity index (χ0) is 12.3. The van der Waals surface area contributed by atoms with E-state index in [0.717, 1.165) is 6.42 Å². The molecule has 0 radical (unpaired) electrons. The van der Waals surface area contributed by atoms with Gasteiger partial charge in [-0.3, -0.25) is 4.79 Å².